The zero-order valence-electron chi connectivity index (χ0n) is 20.5. The van der Waals surface area contributed by atoms with E-state index < -0.39 is 0 Å². The van der Waals surface area contributed by atoms with Gasteiger partial charge in [0.15, 0.2) is 0 Å². The van der Waals surface area contributed by atoms with Crippen LogP contribution in [-0.4, -0.2) is 20.4 Å². The van der Waals surface area contributed by atoms with Gasteiger partial charge in [0.05, 0.1) is 11.4 Å². The third kappa shape index (κ3) is 5.83. The van der Waals surface area contributed by atoms with Crippen LogP contribution in [0.25, 0.3) is 0 Å². The predicted octanol–water partition coefficient (Wildman–Crippen LogP) is 6.71. The van der Waals surface area contributed by atoms with Crippen molar-refractivity contribution in [3.8, 4) is 0 Å². The quantitative estimate of drug-likeness (QED) is 0.531. The van der Waals surface area contributed by atoms with Crippen molar-refractivity contribution in [1.29, 1.82) is 0 Å². The van der Waals surface area contributed by atoms with Crippen LogP contribution in [0.3, 0.4) is 0 Å². The van der Waals surface area contributed by atoms with Crippen LogP contribution in [0.4, 0.5) is 0 Å². The van der Waals surface area contributed by atoms with Gasteiger partial charge in [-0.1, -0.05) is 80.9 Å². The smallest absolute Gasteiger partial charge is 0.0684 e. The zero-order valence-corrected chi connectivity index (χ0v) is 20.5. The van der Waals surface area contributed by atoms with Crippen molar-refractivity contribution in [2.45, 2.75) is 111 Å². The summed E-state index contributed by atoms with van der Waals surface area (Å²) in [6, 6.07) is 4.46. The lowest BCUT2D eigenvalue weighted by Gasteiger charge is -2.25. The van der Waals surface area contributed by atoms with Gasteiger partial charge >= 0.3 is 0 Å². The highest BCUT2D eigenvalue weighted by Gasteiger charge is 2.28. The molecule has 2 aromatic rings. The number of rotatable bonds is 6. The molecule has 0 radical (unpaired) electrons. The van der Waals surface area contributed by atoms with Crippen LogP contribution in [0.1, 0.15) is 112 Å². The average molecular weight is 399 g/mol. The molecular formula is C25H42N4. The molecule has 0 aliphatic carbocycles. The minimum absolute atomic E-state index is 0.00284. The molecular weight excluding hydrogens is 356 g/mol. The molecule has 0 saturated heterocycles. The fourth-order valence-electron chi connectivity index (χ4n) is 3.50. The van der Waals surface area contributed by atoms with Gasteiger partial charge in [-0.2, -0.15) is 10.2 Å². The van der Waals surface area contributed by atoms with Gasteiger partial charge in [0, 0.05) is 33.0 Å². The minimum Gasteiger partial charge on any atom is -0.282 e. The first-order chi connectivity index (χ1) is 13.0. The minimum atomic E-state index is -0.00351. The maximum absolute atomic E-state index is 4.62. The molecule has 0 aliphatic rings. The van der Waals surface area contributed by atoms with Crippen LogP contribution in [0.15, 0.2) is 23.8 Å². The predicted molar refractivity (Wildman–Crippen MR) is 124 cm³/mol. The van der Waals surface area contributed by atoms with E-state index in [1.165, 1.54) is 17.0 Å². The molecule has 0 spiro atoms. The maximum atomic E-state index is 4.62. The second-order valence-corrected chi connectivity index (χ2v) is 12.0. The summed E-state index contributed by atoms with van der Waals surface area (Å²) in [4.78, 5) is 0. The Bertz CT molecular complexity index is 848. The third-order valence-corrected chi connectivity index (χ3v) is 5.84. The molecule has 0 bridgehead atoms. The average Bonchev–Trinajstić information content (AvgIpc) is 3.21. The van der Waals surface area contributed by atoms with Crippen LogP contribution < -0.4 is 0 Å². The Labute approximate surface area is 178 Å². The summed E-state index contributed by atoms with van der Waals surface area (Å²) >= 11 is 0. The van der Waals surface area contributed by atoms with E-state index in [1.54, 1.807) is 0 Å². The van der Waals surface area contributed by atoms with E-state index in [4.69, 9.17) is 0 Å². The molecule has 29 heavy (non-hydrogen) atoms. The van der Waals surface area contributed by atoms with Crippen LogP contribution >= 0.6 is 0 Å². The summed E-state index contributed by atoms with van der Waals surface area (Å²) in [5, 5.41) is 15.7. The number of hydrogen-bond donors (Lipinski definition) is 2. The van der Waals surface area contributed by atoms with Gasteiger partial charge in [0.1, 0.15) is 0 Å². The first kappa shape index (κ1) is 23.4. The van der Waals surface area contributed by atoms with Crippen molar-refractivity contribution >= 4 is 0 Å². The van der Waals surface area contributed by atoms with Crippen molar-refractivity contribution in [1.82, 2.24) is 20.4 Å². The monoisotopic (exact) mass is 398 g/mol. The Morgan fingerprint density at radius 1 is 0.759 bits per heavy atom. The molecule has 0 fully saturated rings. The Hall–Kier alpha value is -1.84. The summed E-state index contributed by atoms with van der Waals surface area (Å²) in [5.74, 6) is 0. The highest BCUT2D eigenvalue weighted by molar-refractivity contribution is 5.26. The molecule has 0 saturated carbocycles. The topological polar surface area (TPSA) is 57.4 Å². The third-order valence-electron chi connectivity index (χ3n) is 5.84. The normalized spacial score (nSPS) is 14.5. The van der Waals surface area contributed by atoms with Gasteiger partial charge in [-0.15, -0.1) is 0 Å². The van der Waals surface area contributed by atoms with Crippen molar-refractivity contribution in [2.24, 2.45) is 0 Å². The van der Waals surface area contributed by atoms with E-state index in [2.05, 4.69) is 115 Å². The van der Waals surface area contributed by atoms with Crippen LogP contribution in [0, 0.1) is 0 Å². The number of allylic oxidation sites excluding steroid dienone is 2. The second-order valence-electron chi connectivity index (χ2n) is 12.0. The van der Waals surface area contributed by atoms with E-state index >= 15 is 0 Å². The molecule has 0 atom stereocenters. The van der Waals surface area contributed by atoms with E-state index in [9.17, 15) is 0 Å². The Morgan fingerprint density at radius 3 is 1.55 bits per heavy atom. The lowest BCUT2D eigenvalue weighted by atomic mass is 9.79. The highest BCUT2D eigenvalue weighted by Crippen LogP contribution is 2.34. The molecule has 2 aromatic heterocycles. The largest absolute Gasteiger partial charge is 0.282 e. The van der Waals surface area contributed by atoms with Crippen molar-refractivity contribution in [3.05, 3.63) is 46.6 Å². The molecule has 2 rings (SSSR count). The van der Waals surface area contributed by atoms with Gasteiger partial charge in [0.25, 0.3) is 0 Å². The molecule has 2 heterocycles. The van der Waals surface area contributed by atoms with Crippen molar-refractivity contribution < 1.29 is 0 Å². The van der Waals surface area contributed by atoms with E-state index in [-0.39, 0.29) is 21.7 Å². The van der Waals surface area contributed by atoms with Gasteiger partial charge in [-0.05, 0) is 31.9 Å². The summed E-state index contributed by atoms with van der Waals surface area (Å²) < 4.78 is 0. The molecule has 0 amide bonds. The molecule has 4 nitrogen and oxygen atoms in total. The van der Waals surface area contributed by atoms with Crippen molar-refractivity contribution in [2.75, 3.05) is 0 Å². The standard InChI is InChI=1S/C25H42N4/c1-17(16-25(10,11)21-15-19(27-29-21)23(5,6)7)12-13-24(8,9)20-14-18(26-28-20)22(2,3)4/h12,14-15H,13,16H2,1-11H3,(H,26,28)(H,27,29)/b17-12+. The number of aromatic nitrogens is 4. The molecule has 4 heteroatoms. The van der Waals surface area contributed by atoms with Gasteiger partial charge in [-0.3, -0.25) is 10.2 Å². The number of aromatic amines is 2. The number of nitrogens with one attached hydrogen (secondary N) is 2. The fraction of sp³-hybridized carbons (Fsp3) is 0.680. The lowest BCUT2D eigenvalue weighted by Crippen LogP contribution is -2.19. The molecule has 162 valence electrons. The fourth-order valence-corrected chi connectivity index (χ4v) is 3.50. The summed E-state index contributed by atoms with van der Waals surface area (Å²) in [6.45, 7) is 24.6. The lowest BCUT2D eigenvalue weighted by molar-refractivity contribution is 0.490. The summed E-state index contributed by atoms with van der Waals surface area (Å²) in [7, 11) is 0. The Kier molecular flexibility index (Phi) is 6.28. The van der Waals surface area contributed by atoms with E-state index in [0.29, 0.717) is 0 Å². The first-order valence-corrected chi connectivity index (χ1v) is 10.8. The van der Waals surface area contributed by atoms with Gasteiger partial charge in [-0.25, -0.2) is 0 Å². The van der Waals surface area contributed by atoms with Crippen LogP contribution in [0.5, 0.6) is 0 Å². The highest BCUT2D eigenvalue weighted by atomic mass is 15.1. The van der Waals surface area contributed by atoms with E-state index in [1.807, 2.05) is 0 Å². The SMILES string of the molecule is C/C(=C\CC(C)(C)c1cc(C(C)(C)C)[nH]n1)CC(C)(C)c1cc(C(C)(C)C)[nH]n1. The van der Waals surface area contributed by atoms with Gasteiger partial charge < -0.3 is 0 Å². The summed E-state index contributed by atoms with van der Waals surface area (Å²) in [6.07, 6.45) is 4.34. The summed E-state index contributed by atoms with van der Waals surface area (Å²) in [5.41, 5.74) is 6.22. The van der Waals surface area contributed by atoms with Crippen molar-refractivity contribution in [3.63, 3.8) is 0 Å². The molecule has 2 N–H and O–H groups in total. The second kappa shape index (κ2) is 7.77. The zero-order chi connectivity index (χ0) is 22.3. The Balaban J connectivity index is 2.10. The number of nitrogens with zero attached hydrogens (tertiary/aromatic N) is 2. The first-order valence-electron chi connectivity index (χ1n) is 10.8. The molecule has 0 aromatic carbocycles. The number of hydrogen-bond acceptors (Lipinski definition) is 2. The van der Waals surface area contributed by atoms with Gasteiger partial charge in [0.2, 0.25) is 0 Å². The van der Waals surface area contributed by atoms with Crippen LogP contribution in [-0.2, 0) is 21.7 Å². The molecule has 0 aliphatic heterocycles. The number of H-pyrrole nitrogens is 2. The maximum Gasteiger partial charge on any atom is 0.0684 e. The molecule has 0 unspecified atom stereocenters. The van der Waals surface area contributed by atoms with E-state index in [0.717, 1.165) is 24.2 Å². The Morgan fingerprint density at radius 2 is 1.17 bits per heavy atom. The van der Waals surface area contributed by atoms with Crippen LogP contribution in [0.2, 0.25) is 0 Å².